The highest BCUT2D eigenvalue weighted by atomic mass is 16.4. The first kappa shape index (κ1) is 33.4. The standard InChI is InChI=1S/C27H45N7O5/c1-5-17(4)22(28)25(37)32-19(12-9-13-31-27(29)30)23(35)33-20(15-18-10-7-6-8-11-18)24(36)34-21(26(38)39)14-16(2)3/h6-8,10-11,16-17,19-22H,5,9,12-15,28H2,1-4H3,(H,32,37)(H,33,35)(H,34,36)(H,38,39)(H4,29,30,31). The van der Waals surface area contributed by atoms with Crippen LogP contribution in [-0.4, -0.2) is 65.5 Å². The van der Waals surface area contributed by atoms with Crippen LogP contribution in [0, 0.1) is 11.8 Å². The molecule has 0 saturated carbocycles. The molecular weight excluding hydrogens is 502 g/mol. The number of carboxylic acid groups (broad SMARTS) is 1. The minimum absolute atomic E-state index is 0.0214. The molecule has 0 fully saturated rings. The van der Waals surface area contributed by atoms with Gasteiger partial charge >= 0.3 is 5.97 Å². The molecule has 0 bridgehead atoms. The monoisotopic (exact) mass is 547 g/mol. The van der Waals surface area contributed by atoms with Gasteiger partial charge in [0.2, 0.25) is 17.7 Å². The fraction of sp³-hybridized carbons (Fsp3) is 0.593. The molecule has 1 aromatic carbocycles. The first-order valence-corrected chi connectivity index (χ1v) is 13.3. The first-order chi connectivity index (χ1) is 18.3. The maximum atomic E-state index is 13.4. The summed E-state index contributed by atoms with van der Waals surface area (Å²) in [4.78, 5) is 55.1. The van der Waals surface area contributed by atoms with E-state index in [-0.39, 0.29) is 43.6 Å². The molecule has 0 aromatic heterocycles. The molecule has 12 heteroatoms. The van der Waals surface area contributed by atoms with E-state index in [9.17, 15) is 24.3 Å². The van der Waals surface area contributed by atoms with E-state index in [0.29, 0.717) is 12.8 Å². The van der Waals surface area contributed by atoms with Gasteiger partial charge in [-0.3, -0.25) is 19.4 Å². The number of hydrogen-bond donors (Lipinski definition) is 7. The summed E-state index contributed by atoms with van der Waals surface area (Å²) in [5.74, 6) is -3.07. The number of benzene rings is 1. The first-order valence-electron chi connectivity index (χ1n) is 13.3. The number of nitrogens with zero attached hydrogens (tertiary/aromatic N) is 1. The molecule has 0 saturated heterocycles. The van der Waals surface area contributed by atoms with Crippen molar-refractivity contribution in [2.24, 2.45) is 34.0 Å². The van der Waals surface area contributed by atoms with Crippen LogP contribution in [0.15, 0.2) is 35.3 Å². The van der Waals surface area contributed by atoms with Gasteiger partial charge in [-0.05, 0) is 36.7 Å². The molecule has 0 aliphatic carbocycles. The number of carboxylic acids is 1. The molecule has 5 atom stereocenters. The molecule has 218 valence electrons. The Morgan fingerprint density at radius 3 is 2.00 bits per heavy atom. The van der Waals surface area contributed by atoms with E-state index in [2.05, 4.69) is 20.9 Å². The summed E-state index contributed by atoms with van der Waals surface area (Å²) in [5, 5.41) is 17.6. The summed E-state index contributed by atoms with van der Waals surface area (Å²) in [7, 11) is 0. The molecule has 10 N–H and O–H groups in total. The highest BCUT2D eigenvalue weighted by Gasteiger charge is 2.31. The van der Waals surface area contributed by atoms with Crippen LogP contribution in [0.4, 0.5) is 0 Å². The van der Waals surface area contributed by atoms with Gasteiger partial charge in [0.05, 0.1) is 6.04 Å². The molecule has 3 amide bonds. The van der Waals surface area contributed by atoms with Crippen LogP contribution in [-0.2, 0) is 25.6 Å². The smallest absolute Gasteiger partial charge is 0.326 e. The van der Waals surface area contributed by atoms with E-state index in [0.717, 1.165) is 5.56 Å². The third-order valence-corrected chi connectivity index (χ3v) is 6.38. The Morgan fingerprint density at radius 1 is 0.897 bits per heavy atom. The van der Waals surface area contributed by atoms with Gasteiger partial charge in [0, 0.05) is 13.0 Å². The Hall–Kier alpha value is -3.67. The van der Waals surface area contributed by atoms with Gasteiger partial charge in [-0.15, -0.1) is 0 Å². The molecule has 0 aliphatic heterocycles. The highest BCUT2D eigenvalue weighted by molar-refractivity contribution is 5.94. The maximum Gasteiger partial charge on any atom is 0.326 e. The van der Waals surface area contributed by atoms with Crippen LogP contribution in [0.25, 0.3) is 0 Å². The van der Waals surface area contributed by atoms with Crippen LogP contribution in [0.1, 0.15) is 58.9 Å². The molecule has 0 heterocycles. The normalized spacial score (nSPS) is 14.8. The maximum absolute atomic E-state index is 13.4. The predicted molar refractivity (Wildman–Crippen MR) is 150 cm³/mol. The van der Waals surface area contributed by atoms with Crippen molar-refractivity contribution >= 4 is 29.7 Å². The number of guanidine groups is 1. The summed E-state index contributed by atoms with van der Waals surface area (Å²) < 4.78 is 0. The lowest BCUT2D eigenvalue weighted by molar-refractivity contribution is -0.142. The predicted octanol–water partition coefficient (Wildman–Crippen LogP) is 0.241. The van der Waals surface area contributed by atoms with Crippen molar-refractivity contribution < 1.29 is 24.3 Å². The Balaban J connectivity index is 3.17. The van der Waals surface area contributed by atoms with Crippen LogP contribution in [0.5, 0.6) is 0 Å². The van der Waals surface area contributed by atoms with E-state index < -0.39 is 47.9 Å². The fourth-order valence-electron chi connectivity index (χ4n) is 3.85. The van der Waals surface area contributed by atoms with Crippen molar-refractivity contribution in [3.8, 4) is 0 Å². The van der Waals surface area contributed by atoms with Crippen molar-refractivity contribution in [2.45, 2.75) is 84.0 Å². The number of amides is 3. The number of rotatable bonds is 17. The molecule has 5 unspecified atom stereocenters. The van der Waals surface area contributed by atoms with Crippen LogP contribution in [0.3, 0.4) is 0 Å². The lowest BCUT2D eigenvalue weighted by Gasteiger charge is -2.26. The summed E-state index contributed by atoms with van der Waals surface area (Å²) >= 11 is 0. The number of aliphatic carboxylic acids is 1. The van der Waals surface area contributed by atoms with E-state index >= 15 is 0 Å². The van der Waals surface area contributed by atoms with Crippen molar-refractivity contribution in [1.29, 1.82) is 0 Å². The third-order valence-electron chi connectivity index (χ3n) is 6.38. The van der Waals surface area contributed by atoms with Gasteiger partial charge in [-0.25, -0.2) is 4.79 Å². The molecular formula is C27H45N7O5. The van der Waals surface area contributed by atoms with E-state index in [1.54, 1.807) is 24.3 Å². The van der Waals surface area contributed by atoms with Crippen molar-refractivity contribution in [1.82, 2.24) is 16.0 Å². The van der Waals surface area contributed by atoms with E-state index in [1.165, 1.54) is 0 Å². The van der Waals surface area contributed by atoms with Crippen LogP contribution >= 0.6 is 0 Å². The molecule has 0 aliphatic rings. The van der Waals surface area contributed by atoms with Gasteiger partial charge in [0.25, 0.3) is 0 Å². The van der Waals surface area contributed by atoms with Crippen LogP contribution in [0.2, 0.25) is 0 Å². The molecule has 0 spiro atoms. The van der Waals surface area contributed by atoms with Crippen molar-refractivity contribution in [3.05, 3.63) is 35.9 Å². The lowest BCUT2D eigenvalue weighted by Crippen LogP contribution is -2.58. The van der Waals surface area contributed by atoms with Crippen LogP contribution < -0.4 is 33.2 Å². The molecule has 39 heavy (non-hydrogen) atoms. The molecule has 0 radical (unpaired) electrons. The minimum atomic E-state index is -1.16. The number of nitrogens with one attached hydrogen (secondary N) is 3. The third kappa shape index (κ3) is 12.6. The molecule has 12 nitrogen and oxygen atoms in total. The van der Waals surface area contributed by atoms with E-state index in [1.807, 2.05) is 33.8 Å². The quantitative estimate of drug-likeness (QED) is 0.0812. The summed E-state index contributed by atoms with van der Waals surface area (Å²) in [6, 6.07) is 4.98. The molecule has 1 aromatic rings. The second kappa shape index (κ2) is 17.0. The van der Waals surface area contributed by atoms with Gasteiger partial charge in [-0.2, -0.15) is 0 Å². The van der Waals surface area contributed by atoms with Gasteiger partial charge < -0.3 is 38.3 Å². The van der Waals surface area contributed by atoms with Gasteiger partial charge in [-0.1, -0.05) is 64.4 Å². The van der Waals surface area contributed by atoms with E-state index in [4.69, 9.17) is 17.2 Å². The largest absolute Gasteiger partial charge is 0.480 e. The second-order valence-corrected chi connectivity index (χ2v) is 10.2. The second-order valence-electron chi connectivity index (χ2n) is 10.2. The van der Waals surface area contributed by atoms with Crippen molar-refractivity contribution in [3.63, 3.8) is 0 Å². The zero-order valence-corrected chi connectivity index (χ0v) is 23.4. The number of carbonyl (C=O) groups excluding carboxylic acids is 3. The number of aliphatic imine (C=N–C) groups is 1. The Kier molecular flexibility index (Phi) is 14.6. The minimum Gasteiger partial charge on any atom is -0.480 e. The average molecular weight is 548 g/mol. The Morgan fingerprint density at radius 2 is 1.46 bits per heavy atom. The highest BCUT2D eigenvalue weighted by Crippen LogP contribution is 2.10. The number of carbonyl (C=O) groups is 4. The fourth-order valence-corrected chi connectivity index (χ4v) is 3.85. The average Bonchev–Trinajstić information content (AvgIpc) is 2.88. The molecule has 1 rings (SSSR count). The zero-order valence-electron chi connectivity index (χ0n) is 23.4. The SMILES string of the molecule is CCC(C)C(N)C(=O)NC(CCCN=C(N)N)C(=O)NC(Cc1ccccc1)C(=O)NC(CC(C)C)C(=O)O. The topological polar surface area (TPSA) is 215 Å². The summed E-state index contributed by atoms with van der Waals surface area (Å²) in [6.45, 7) is 7.70. The Labute approximate surface area is 230 Å². The van der Waals surface area contributed by atoms with Crippen molar-refractivity contribution in [2.75, 3.05) is 6.54 Å². The summed E-state index contributed by atoms with van der Waals surface area (Å²) in [5.41, 5.74) is 17.6. The zero-order chi connectivity index (χ0) is 29.5. The Bertz CT molecular complexity index is 967. The van der Waals surface area contributed by atoms with Gasteiger partial charge in [0.1, 0.15) is 18.1 Å². The lowest BCUT2D eigenvalue weighted by atomic mass is 9.98. The van der Waals surface area contributed by atoms with Gasteiger partial charge in [0.15, 0.2) is 5.96 Å². The summed E-state index contributed by atoms with van der Waals surface area (Å²) in [6.07, 6.45) is 1.58. The number of hydrogen-bond acceptors (Lipinski definition) is 6. The number of nitrogens with two attached hydrogens (primary N) is 3.